The Bertz CT molecular complexity index is 812. The highest BCUT2D eigenvalue weighted by molar-refractivity contribution is 6.30. The summed E-state index contributed by atoms with van der Waals surface area (Å²) in [5, 5.41) is 11.1. The molecule has 0 bridgehead atoms. The van der Waals surface area contributed by atoms with Gasteiger partial charge in [0.2, 0.25) is 0 Å². The highest BCUT2D eigenvalue weighted by Gasteiger charge is 2.16. The van der Waals surface area contributed by atoms with E-state index < -0.39 is 6.10 Å². The zero-order valence-electron chi connectivity index (χ0n) is 13.8. The van der Waals surface area contributed by atoms with Crippen molar-refractivity contribution in [2.24, 2.45) is 0 Å². The van der Waals surface area contributed by atoms with Gasteiger partial charge in [0.1, 0.15) is 24.3 Å². The minimum absolute atomic E-state index is 0.214. The van der Waals surface area contributed by atoms with Gasteiger partial charge in [0.25, 0.3) is 0 Å². The quantitative estimate of drug-likeness (QED) is 0.727. The molecule has 0 aliphatic heterocycles. The van der Waals surface area contributed by atoms with Crippen LogP contribution in [0.4, 0.5) is 0 Å². The molecule has 3 aromatic rings. The van der Waals surface area contributed by atoms with Crippen molar-refractivity contribution in [2.45, 2.75) is 32.4 Å². The predicted octanol–water partition coefficient (Wildman–Crippen LogP) is 4.25. The molecule has 126 valence electrons. The Hall–Kier alpha value is -2.04. The SMILES string of the molecule is CC(C)c1nc2ccccc2n1C[C@H](O)COc1ccc(Cl)cc1. The normalized spacial score (nSPS) is 12.7. The number of aliphatic hydroxyl groups excluding tert-OH is 1. The molecule has 0 unspecified atom stereocenters. The van der Waals surface area contributed by atoms with E-state index in [2.05, 4.69) is 23.4 Å². The molecule has 0 fully saturated rings. The van der Waals surface area contributed by atoms with Gasteiger partial charge >= 0.3 is 0 Å². The van der Waals surface area contributed by atoms with Crippen molar-refractivity contribution in [3.63, 3.8) is 0 Å². The number of imidazole rings is 1. The fourth-order valence-corrected chi connectivity index (χ4v) is 2.84. The van der Waals surface area contributed by atoms with Crippen LogP contribution in [0.5, 0.6) is 5.75 Å². The van der Waals surface area contributed by atoms with Crippen LogP contribution in [0.3, 0.4) is 0 Å². The van der Waals surface area contributed by atoms with Gasteiger partial charge < -0.3 is 14.4 Å². The number of nitrogens with zero attached hydrogens (tertiary/aromatic N) is 2. The van der Waals surface area contributed by atoms with Crippen molar-refractivity contribution in [1.82, 2.24) is 9.55 Å². The minimum Gasteiger partial charge on any atom is -0.491 e. The molecule has 1 heterocycles. The molecule has 0 saturated carbocycles. The second-order valence-corrected chi connectivity index (χ2v) is 6.58. The van der Waals surface area contributed by atoms with E-state index in [0.29, 0.717) is 17.3 Å². The highest BCUT2D eigenvalue weighted by Crippen LogP contribution is 2.22. The molecule has 0 aliphatic rings. The second kappa shape index (κ2) is 7.24. The van der Waals surface area contributed by atoms with Crippen molar-refractivity contribution in [1.29, 1.82) is 0 Å². The van der Waals surface area contributed by atoms with Crippen LogP contribution in [0.2, 0.25) is 5.02 Å². The summed E-state index contributed by atoms with van der Waals surface area (Å²) in [4.78, 5) is 4.69. The van der Waals surface area contributed by atoms with E-state index in [-0.39, 0.29) is 12.5 Å². The van der Waals surface area contributed by atoms with Crippen molar-refractivity contribution >= 4 is 22.6 Å². The van der Waals surface area contributed by atoms with E-state index in [4.69, 9.17) is 16.3 Å². The lowest BCUT2D eigenvalue weighted by Gasteiger charge is -2.17. The fraction of sp³-hybridized carbons (Fsp3) is 0.316. The van der Waals surface area contributed by atoms with Gasteiger partial charge in [0, 0.05) is 10.9 Å². The van der Waals surface area contributed by atoms with Crippen LogP contribution in [0.1, 0.15) is 25.6 Å². The zero-order valence-corrected chi connectivity index (χ0v) is 14.6. The molecular weight excluding hydrogens is 324 g/mol. The summed E-state index contributed by atoms with van der Waals surface area (Å²) < 4.78 is 7.72. The summed E-state index contributed by atoms with van der Waals surface area (Å²) in [7, 11) is 0. The summed E-state index contributed by atoms with van der Waals surface area (Å²) in [5.41, 5.74) is 1.98. The van der Waals surface area contributed by atoms with E-state index in [1.807, 2.05) is 24.3 Å². The lowest BCUT2D eigenvalue weighted by Crippen LogP contribution is -2.24. The van der Waals surface area contributed by atoms with Gasteiger partial charge in [0.05, 0.1) is 17.6 Å². The molecule has 1 atom stereocenters. The Morgan fingerprint density at radius 3 is 2.54 bits per heavy atom. The summed E-state index contributed by atoms with van der Waals surface area (Å²) in [6.45, 7) is 4.87. The number of ether oxygens (including phenoxy) is 1. The predicted molar refractivity (Wildman–Crippen MR) is 96.8 cm³/mol. The Morgan fingerprint density at radius 1 is 1.12 bits per heavy atom. The summed E-state index contributed by atoms with van der Waals surface area (Å²) in [5.74, 6) is 1.95. The molecule has 0 aliphatic carbocycles. The van der Waals surface area contributed by atoms with Gasteiger partial charge in [-0.15, -0.1) is 0 Å². The van der Waals surface area contributed by atoms with E-state index in [0.717, 1.165) is 16.9 Å². The molecule has 24 heavy (non-hydrogen) atoms. The third kappa shape index (κ3) is 3.71. The zero-order chi connectivity index (χ0) is 17.1. The van der Waals surface area contributed by atoms with Crippen LogP contribution >= 0.6 is 11.6 Å². The number of hydrogen-bond acceptors (Lipinski definition) is 3. The van der Waals surface area contributed by atoms with Crippen LogP contribution < -0.4 is 4.74 Å². The first-order chi connectivity index (χ1) is 11.5. The minimum atomic E-state index is -0.629. The third-order valence-electron chi connectivity index (χ3n) is 3.85. The van der Waals surface area contributed by atoms with Gasteiger partial charge in [-0.25, -0.2) is 4.98 Å². The maximum absolute atomic E-state index is 10.4. The first-order valence-corrected chi connectivity index (χ1v) is 8.44. The molecular formula is C19H21ClN2O2. The molecule has 0 radical (unpaired) electrons. The number of aliphatic hydroxyl groups is 1. The summed E-state index contributed by atoms with van der Waals surface area (Å²) in [6, 6.07) is 15.1. The highest BCUT2D eigenvalue weighted by atomic mass is 35.5. The standard InChI is InChI=1S/C19H21ClN2O2/c1-13(2)19-21-17-5-3-4-6-18(17)22(19)11-15(23)12-24-16-9-7-14(20)8-10-16/h3-10,13,15,23H,11-12H2,1-2H3/t15-/m0/s1. The third-order valence-corrected chi connectivity index (χ3v) is 4.10. The second-order valence-electron chi connectivity index (χ2n) is 6.14. The van der Waals surface area contributed by atoms with Crippen LogP contribution in [0.15, 0.2) is 48.5 Å². The fourth-order valence-electron chi connectivity index (χ4n) is 2.71. The first kappa shape index (κ1) is 16.8. The molecule has 0 saturated heterocycles. The molecule has 3 rings (SSSR count). The van der Waals surface area contributed by atoms with Crippen LogP contribution in [0, 0.1) is 0 Å². The molecule has 0 spiro atoms. The number of para-hydroxylation sites is 2. The van der Waals surface area contributed by atoms with Gasteiger partial charge in [-0.05, 0) is 36.4 Å². The van der Waals surface area contributed by atoms with Crippen LogP contribution in [0.25, 0.3) is 11.0 Å². The largest absolute Gasteiger partial charge is 0.491 e. The number of benzene rings is 2. The van der Waals surface area contributed by atoms with Gasteiger partial charge in [0.15, 0.2) is 0 Å². The first-order valence-electron chi connectivity index (χ1n) is 8.06. The lowest BCUT2D eigenvalue weighted by molar-refractivity contribution is 0.0925. The molecule has 5 heteroatoms. The maximum atomic E-state index is 10.4. The Kier molecular flexibility index (Phi) is 5.07. The molecule has 1 aromatic heterocycles. The molecule has 2 aromatic carbocycles. The van der Waals surface area contributed by atoms with Crippen molar-refractivity contribution < 1.29 is 9.84 Å². The van der Waals surface area contributed by atoms with Gasteiger partial charge in [-0.1, -0.05) is 37.6 Å². The molecule has 4 nitrogen and oxygen atoms in total. The van der Waals surface area contributed by atoms with Gasteiger partial charge in [-0.2, -0.15) is 0 Å². The van der Waals surface area contributed by atoms with Crippen LogP contribution in [-0.4, -0.2) is 27.4 Å². The topological polar surface area (TPSA) is 47.3 Å². The Balaban J connectivity index is 1.73. The van der Waals surface area contributed by atoms with Crippen molar-refractivity contribution in [2.75, 3.05) is 6.61 Å². The Labute approximate surface area is 146 Å². The Morgan fingerprint density at radius 2 is 1.83 bits per heavy atom. The number of aromatic nitrogens is 2. The van der Waals surface area contributed by atoms with Crippen molar-refractivity contribution in [3.8, 4) is 5.75 Å². The number of rotatable bonds is 6. The van der Waals surface area contributed by atoms with E-state index in [1.54, 1.807) is 24.3 Å². The monoisotopic (exact) mass is 344 g/mol. The molecule has 1 N–H and O–H groups in total. The average Bonchev–Trinajstić information content (AvgIpc) is 2.93. The van der Waals surface area contributed by atoms with E-state index in [1.165, 1.54) is 0 Å². The van der Waals surface area contributed by atoms with E-state index in [9.17, 15) is 5.11 Å². The van der Waals surface area contributed by atoms with Crippen LogP contribution in [-0.2, 0) is 6.54 Å². The molecule has 0 amide bonds. The lowest BCUT2D eigenvalue weighted by atomic mass is 10.2. The summed E-state index contributed by atoms with van der Waals surface area (Å²) in [6.07, 6.45) is -0.629. The van der Waals surface area contributed by atoms with Crippen molar-refractivity contribution in [3.05, 3.63) is 59.4 Å². The number of hydrogen-bond donors (Lipinski definition) is 1. The van der Waals surface area contributed by atoms with Gasteiger partial charge in [-0.3, -0.25) is 0 Å². The summed E-state index contributed by atoms with van der Waals surface area (Å²) >= 11 is 5.86. The maximum Gasteiger partial charge on any atom is 0.119 e. The van der Waals surface area contributed by atoms with E-state index >= 15 is 0 Å². The number of halogens is 1. The average molecular weight is 345 g/mol. The smallest absolute Gasteiger partial charge is 0.119 e. The number of fused-ring (bicyclic) bond motifs is 1.